The number of anilines is 1. The molecule has 0 spiro atoms. The smallest absolute Gasteiger partial charge is 0.229 e. The molecule has 0 aliphatic carbocycles. The second-order valence-corrected chi connectivity index (χ2v) is 7.82. The summed E-state index contributed by atoms with van der Waals surface area (Å²) in [7, 11) is 0. The minimum Gasteiger partial charge on any atom is -0.361 e. The molecule has 2 aromatic heterocycles. The van der Waals surface area contributed by atoms with Gasteiger partial charge in [-0.1, -0.05) is 25.4 Å². The minimum atomic E-state index is -0.118. The summed E-state index contributed by atoms with van der Waals surface area (Å²) in [4.78, 5) is 29.0. The van der Waals surface area contributed by atoms with Crippen LogP contribution in [-0.4, -0.2) is 33.4 Å². The number of aryl methyl sites for hydroxylation is 2. The Balaban J connectivity index is 1.78. The maximum Gasteiger partial charge on any atom is 0.229 e. The molecule has 0 saturated carbocycles. The Morgan fingerprint density at radius 2 is 1.97 bits per heavy atom. The number of aromatic amines is 1. The molecule has 0 aliphatic rings. The van der Waals surface area contributed by atoms with E-state index in [2.05, 4.69) is 30.6 Å². The standard InChI is InChI=1S/C22H27ClN6O/c1-5-13(2)20(30)28-21(29-22-26-14(3)10-15(4)27-22)24-9-8-16-12-25-19-7-6-17(23)11-18(16)19/h6-7,10-13,25H,5,8-9H2,1-4H3,(H2,24,26,27,28,29,30)/t13-/m1/s1. The third-order valence-electron chi connectivity index (χ3n) is 4.89. The van der Waals surface area contributed by atoms with Crippen molar-refractivity contribution in [2.75, 3.05) is 11.9 Å². The van der Waals surface area contributed by atoms with Gasteiger partial charge in [-0.05, 0) is 56.5 Å². The van der Waals surface area contributed by atoms with Gasteiger partial charge in [-0.25, -0.2) is 9.97 Å². The number of fused-ring (bicyclic) bond motifs is 1. The number of amides is 1. The van der Waals surface area contributed by atoms with Gasteiger partial charge in [0.05, 0.1) is 0 Å². The summed E-state index contributed by atoms with van der Waals surface area (Å²) in [6, 6.07) is 7.65. The summed E-state index contributed by atoms with van der Waals surface area (Å²) in [5.74, 6) is 0.553. The van der Waals surface area contributed by atoms with Gasteiger partial charge < -0.3 is 4.98 Å². The first-order valence-corrected chi connectivity index (χ1v) is 10.4. The molecular formula is C22H27ClN6O. The molecule has 158 valence electrons. The van der Waals surface area contributed by atoms with Gasteiger partial charge in [-0.15, -0.1) is 0 Å². The summed E-state index contributed by atoms with van der Waals surface area (Å²) in [5, 5.41) is 7.71. The predicted octanol–water partition coefficient (Wildman–Crippen LogP) is 4.40. The highest BCUT2D eigenvalue weighted by Gasteiger charge is 2.14. The van der Waals surface area contributed by atoms with E-state index in [1.54, 1.807) is 0 Å². The van der Waals surface area contributed by atoms with Crippen LogP contribution in [0.4, 0.5) is 5.95 Å². The first-order chi connectivity index (χ1) is 14.4. The first-order valence-electron chi connectivity index (χ1n) is 10.1. The molecule has 1 aromatic carbocycles. The van der Waals surface area contributed by atoms with Gasteiger partial charge in [-0.3, -0.25) is 20.4 Å². The molecule has 3 N–H and O–H groups in total. The number of carbonyl (C=O) groups excluding carboxylic acids is 1. The van der Waals surface area contributed by atoms with Crippen LogP contribution in [0.3, 0.4) is 0 Å². The first kappa shape index (κ1) is 21.8. The van der Waals surface area contributed by atoms with Crippen LogP contribution < -0.4 is 10.6 Å². The predicted molar refractivity (Wildman–Crippen MR) is 122 cm³/mol. The normalized spacial score (nSPS) is 12.8. The van der Waals surface area contributed by atoms with E-state index in [0.29, 0.717) is 29.9 Å². The van der Waals surface area contributed by atoms with Gasteiger partial charge in [0.15, 0.2) is 0 Å². The lowest BCUT2D eigenvalue weighted by molar-refractivity contribution is -0.123. The molecule has 3 rings (SSSR count). The Morgan fingerprint density at radius 3 is 2.67 bits per heavy atom. The lowest BCUT2D eigenvalue weighted by atomic mass is 10.1. The van der Waals surface area contributed by atoms with E-state index in [1.807, 2.05) is 58.2 Å². The van der Waals surface area contributed by atoms with Crippen molar-refractivity contribution < 1.29 is 4.79 Å². The maximum atomic E-state index is 12.4. The van der Waals surface area contributed by atoms with Gasteiger partial charge in [0.25, 0.3) is 0 Å². The van der Waals surface area contributed by atoms with Crippen molar-refractivity contribution in [2.24, 2.45) is 10.9 Å². The number of nitrogens with one attached hydrogen (secondary N) is 3. The maximum absolute atomic E-state index is 12.4. The summed E-state index contributed by atoms with van der Waals surface area (Å²) in [6.07, 6.45) is 3.40. The van der Waals surface area contributed by atoms with Crippen molar-refractivity contribution in [1.29, 1.82) is 0 Å². The summed E-state index contributed by atoms with van der Waals surface area (Å²) in [5.41, 5.74) is 3.83. The van der Waals surface area contributed by atoms with Crippen LogP contribution in [0.5, 0.6) is 0 Å². The molecule has 0 saturated heterocycles. The molecule has 1 amide bonds. The SMILES string of the molecule is CC[C@@H](C)C(=O)NC(=NCCc1c[nH]c2ccc(Cl)cc12)Nc1nc(C)cc(C)n1. The molecule has 0 aliphatic heterocycles. The third kappa shape index (κ3) is 5.57. The molecule has 0 bridgehead atoms. The number of aliphatic imine (C=N–C) groups is 1. The van der Waals surface area contributed by atoms with Crippen molar-refractivity contribution in [3.05, 3.63) is 52.4 Å². The second-order valence-electron chi connectivity index (χ2n) is 7.38. The number of H-pyrrole nitrogens is 1. The van der Waals surface area contributed by atoms with Crippen LogP contribution in [-0.2, 0) is 11.2 Å². The Labute approximate surface area is 181 Å². The summed E-state index contributed by atoms with van der Waals surface area (Å²) < 4.78 is 0. The molecule has 0 unspecified atom stereocenters. The zero-order valence-electron chi connectivity index (χ0n) is 17.7. The Morgan fingerprint density at radius 1 is 1.23 bits per heavy atom. The van der Waals surface area contributed by atoms with Crippen molar-refractivity contribution in [1.82, 2.24) is 20.3 Å². The number of hydrogen-bond acceptors (Lipinski definition) is 4. The molecule has 30 heavy (non-hydrogen) atoms. The zero-order valence-corrected chi connectivity index (χ0v) is 18.5. The Bertz CT molecular complexity index is 1050. The van der Waals surface area contributed by atoms with Gasteiger partial charge in [0, 0.05) is 46.0 Å². The average molecular weight is 427 g/mol. The van der Waals surface area contributed by atoms with Gasteiger partial charge in [-0.2, -0.15) is 0 Å². The number of halogens is 1. The lowest BCUT2D eigenvalue weighted by Crippen LogP contribution is -2.39. The van der Waals surface area contributed by atoms with E-state index < -0.39 is 0 Å². The number of aromatic nitrogens is 3. The van der Waals surface area contributed by atoms with Crippen LogP contribution in [0.1, 0.15) is 37.2 Å². The lowest BCUT2D eigenvalue weighted by Gasteiger charge is -2.14. The topological polar surface area (TPSA) is 95.1 Å². The molecule has 7 nitrogen and oxygen atoms in total. The van der Waals surface area contributed by atoms with Crippen LogP contribution in [0, 0.1) is 19.8 Å². The number of rotatable bonds is 6. The fraction of sp³-hybridized carbons (Fsp3) is 0.364. The molecule has 8 heteroatoms. The zero-order chi connectivity index (χ0) is 21.7. The van der Waals surface area contributed by atoms with Crippen molar-refractivity contribution in [2.45, 2.75) is 40.5 Å². The van der Waals surface area contributed by atoms with E-state index in [4.69, 9.17) is 11.6 Å². The van der Waals surface area contributed by atoms with E-state index in [0.717, 1.165) is 34.3 Å². The van der Waals surface area contributed by atoms with E-state index in [-0.39, 0.29) is 11.8 Å². The summed E-state index contributed by atoms with van der Waals surface area (Å²) >= 11 is 6.14. The quantitative estimate of drug-likeness (QED) is 0.402. The number of hydrogen-bond donors (Lipinski definition) is 3. The van der Waals surface area contributed by atoms with E-state index >= 15 is 0 Å². The van der Waals surface area contributed by atoms with Crippen molar-refractivity contribution in [3.8, 4) is 0 Å². The van der Waals surface area contributed by atoms with Crippen LogP contribution in [0.25, 0.3) is 10.9 Å². The fourth-order valence-electron chi connectivity index (χ4n) is 3.07. The van der Waals surface area contributed by atoms with Gasteiger partial charge >= 0.3 is 0 Å². The minimum absolute atomic E-state index is 0.0907. The number of carbonyl (C=O) groups is 1. The number of nitrogens with zero attached hydrogens (tertiary/aromatic N) is 3. The highest BCUT2D eigenvalue weighted by molar-refractivity contribution is 6.31. The molecule has 0 fully saturated rings. The Hall–Kier alpha value is -2.93. The number of benzene rings is 1. The monoisotopic (exact) mass is 426 g/mol. The molecular weight excluding hydrogens is 400 g/mol. The second kappa shape index (κ2) is 9.71. The molecule has 1 atom stereocenters. The van der Waals surface area contributed by atoms with Gasteiger partial charge in [0.1, 0.15) is 0 Å². The molecule has 0 radical (unpaired) electrons. The molecule has 3 aromatic rings. The molecule has 2 heterocycles. The van der Waals surface area contributed by atoms with Crippen LogP contribution >= 0.6 is 11.6 Å². The average Bonchev–Trinajstić information content (AvgIpc) is 3.08. The van der Waals surface area contributed by atoms with E-state index in [1.165, 1.54) is 0 Å². The van der Waals surface area contributed by atoms with Crippen LogP contribution in [0.2, 0.25) is 5.02 Å². The fourth-order valence-corrected chi connectivity index (χ4v) is 3.24. The Kier molecular flexibility index (Phi) is 7.05. The van der Waals surface area contributed by atoms with Crippen molar-refractivity contribution in [3.63, 3.8) is 0 Å². The van der Waals surface area contributed by atoms with Crippen molar-refractivity contribution >= 4 is 40.3 Å². The van der Waals surface area contributed by atoms with Gasteiger partial charge in [0.2, 0.25) is 17.8 Å². The summed E-state index contributed by atoms with van der Waals surface area (Å²) in [6.45, 7) is 8.14. The highest BCUT2D eigenvalue weighted by atomic mass is 35.5. The van der Waals surface area contributed by atoms with E-state index in [9.17, 15) is 4.79 Å². The largest absolute Gasteiger partial charge is 0.361 e. The highest BCUT2D eigenvalue weighted by Crippen LogP contribution is 2.22. The number of guanidine groups is 1. The van der Waals surface area contributed by atoms with Crippen LogP contribution in [0.15, 0.2) is 35.5 Å². The third-order valence-corrected chi connectivity index (χ3v) is 5.13.